The summed E-state index contributed by atoms with van der Waals surface area (Å²) in [5.41, 5.74) is 1.87. The molecule has 0 atom stereocenters. The van der Waals surface area contributed by atoms with Crippen molar-refractivity contribution in [1.29, 1.82) is 0 Å². The molecule has 1 aromatic carbocycles. The normalized spacial score (nSPS) is 13.6. The molecule has 1 aliphatic carbocycles. The van der Waals surface area contributed by atoms with Crippen LogP contribution >= 0.6 is 0 Å². The summed E-state index contributed by atoms with van der Waals surface area (Å²) in [5.74, 6) is 0.182. The first-order valence-corrected chi connectivity index (χ1v) is 4.65. The monoisotopic (exact) mass is 183 g/mol. The summed E-state index contributed by atoms with van der Waals surface area (Å²) in [4.78, 5) is 0. The van der Waals surface area contributed by atoms with Gasteiger partial charge in [-0.3, -0.25) is 0 Å². The smallest absolute Gasteiger partial charge is 0.0164 e. The van der Waals surface area contributed by atoms with Crippen LogP contribution in [0, 0.1) is 0 Å². The lowest BCUT2D eigenvalue weighted by Crippen LogP contribution is -2.08. The zero-order valence-corrected chi connectivity index (χ0v) is 7.81. The maximum Gasteiger partial charge on any atom is -0.0164 e. The van der Waals surface area contributed by atoms with Gasteiger partial charge in [0.05, 0.1) is 0 Å². The molecule has 0 unspecified atom stereocenters. The Morgan fingerprint density at radius 1 is 1.00 bits per heavy atom. The Labute approximate surface area is 83.7 Å². The highest BCUT2D eigenvalue weighted by Gasteiger charge is 1.95. The van der Waals surface area contributed by atoms with E-state index in [4.69, 9.17) is 0 Å². The third kappa shape index (κ3) is 1.94. The van der Waals surface area contributed by atoms with Gasteiger partial charge < -0.3 is 5.11 Å². The van der Waals surface area contributed by atoms with Crippen LogP contribution in [0.3, 0.4) is 0 Å². The molecule has 1 aliphatic rings. The minimum absolute atomic E-state index is 0.182. The van der Waals surface area contributed by atoms with Gasteiger partial charge in [0.1, 0.15) is 0 Å². The van der Waals surface area contributed by atoms with Crippen molar-refractivity contribution in [2.75, 3.05) is 0 Å². The highest BCUT2D eigenvalue weighted by molar-refractivity contribution is 5.42. The molecule has 0 N–H and O–H groups in total. The molecular weight excluding hydrogens is 172 g/mol. The maximum absolute atomic E-state index is 11.7. The molecule has 0 aliphatic heterocycles. The summed E-state index contributed by atoms with van der Waals surface area (Å²) >= 11 is 0. The van der Waals surface area contributed by atoms with E-state index in [1.165, 1.54) is 0 Å². The van der Waals surface area contributed by atoms with Gasteiger partial charge in [-0.05, 0) is 17.6 Å². The molecule has 0 radical (unpaired) electrons. The first-order valence-electron chi connectivity index (χ1n) is 4.65. The van der Waals surface area contributed by atoms with Gasteiger partial charge in [-0.15, -0.1) is 5.76 Å². The van der Waals surface area contributed by atoms with E-state index >= 15 is 0 Å². The van der Waals surface area contributed by atoms with E-state index in [2.05, 4.69) is 0 Å². The zero-order chi connectivity index (χ0) is 9.80. The van der Waals surface area contributed by atoms with Crippen molar-refractivity contribution in [2.24, 2.45) is 0 Å². The van der Waals surface area contributed by atoms with Gasteiger partial charge in [0, 0.05) is 0 Å². The van der Waals surface area contributed by atoms with E-state index in [0.717, 1.165) is 11.1 Å². The second-order valence-corrected chi connectivity index (χ2v) is 3.26. The fourth-order valence-corrected chi connectivity index (χ4v) is 1.44. The first kappa shape index (κ1) is 8.82. The molecule has 70 valence electrons. The average molecular weight is 183 g/mol. The Kier molecular flexibility index (Phi) is 2.50. The molecule has 0 spiro atoms. The molecule has 1 aromatic rings. The van der Waals surface area contributed by atoms with Gasteiger partial charge in [-0.25, -0.2) is 0 Å². The number of benzene rings is 1. The van der Waals surface area contributed by atoms with Crippen molar-refractivity contribution >= 4 is 0 Å². The number of hydrogen-bond acceptors (Lipinski definition) is 1. The molecule has 1 nitrogen and oxygen atoms in total. The van der Waals surface area contributed by atoms with Crippen molar-refractivity contribution in [2.45, 2.75) is 6.42 Å². The zero-order valence-electron chi connectivity index (χ0n) is 7.81. The molecular formula is C13H11O-. The van der Waals surface area contributed by atoms with E-state index in [-0.39, 0.29) is 5.76 Å². The summed E-state index contributed by atoms with van der Waals surface area (Å²) in [6.07, 6.45) is 7.97. The summed E-state index contributed by atoms with van der Waals surface area (Å²) < 4.78 is 0. The Bertz CT molecular complexity index is 383. The van der Waals surface area contributed by atoms with Gasteiger partial charge in [0.25, 0.3) is 0 Å². The molecule has 0 aromatic heterocycles. The van der Waals surface area contributed by atoms with Crippen molar-refractivity contribution in [3.63, 3.8) is 0 Å². The molecule has 0 saturated heterocycles. The van der Waals surface area contributed by atoms with Crippen LogP contribution in [0.4, 0.5) is 0 Å². The highest BCUT2D eigenvalue weighted by Crippen LogP contribution is 2.13. The Hall–Kier alpha value is -1.76. The van der Waals surface area contributed by atoms with Crippen LogP contribution in [0.15, 0.2) is 66.0 Å². The molecule has 0 fully saturated rings. The van der Waals surface area contributed by atoms with Crippen molar-refractivity contribution < 1.29 is 5.11 Å². The van der Waals surface area contributed by atoms with Crippen LogP contribution in [0.1, 0.15) is 5.56 Å². The largest absolute Gasteiger partial charge is 0.875 e. The lowest BCUT2D eigenvalue weighted by molar-refractivity contribution is -0.306. The Morgan fingerprint density at radius 2 is 1.64 bits per heavy atom. The fourth-order valence-electron chi connectivity index (χ4n) is 1.44. The topological polar surface area (TPSA) is 23.1 Å². The van der Waals surface area contributed by atoms with Crippen molar-refractivity contribution in [1.82, 2.24) is 0 Å². The fraction of sp³-hybridized carbons (Fsp3) is 0.0769. The van der Waals surface area contributed by atoms with Crippen LogP contribution < -0.4 is 5.11 Å². The maximum atomic E-state index is 11.7. The predicted molar refractivity (Wildman–Crippen MR) is 55.5 cm³/mol. The first-order chi connectivity index (χ1) is 6.86. The van der Waals surface area contributed by atoms with E-state index in [0.29, 0.717) is 6.42 Å². The molecule has 0 heterocycles. The van der Waals surface area contributed by atoms with Crippen LogP contribution in [-0.4, -0.2) is 0 Å². The minimum atomic E-state index is 0.182. The van der Waals surface area contributed by atoms with Gasteiger partial charge in [0.2, 0.25) is 0 Å². The third-order valence-corrected chi connectivity index (χ3v) is 2.19. The predicted octanol–water partition coefficient (Wildman–Crippen LogP) is 1.97. The van der Waals surface area contributed by atoms with Crippen molar-refractivity contribution in [3.05, 3.63) is 71.5 Å². The summed E-state index contributed by atoms with van der Waals surface area (Å²) in [6.45, 7) is 0. The van der Waals surface area contributed by atoms with E-state index < -0.39 is 0 Å². The second-order valence-electron chi connectivity index (χ2n) is 3.26. The molecule has 2 rings (SSSR count). The molecule has 0 amide bonds. The second kappa shape index (κ2) is 3.97. The van der Waals surface area contributed by atoms with Crippen molar-refractivity contribution in [3.8, 4) is 0 Å². The average Bonchev–Trinajstić information content (AvgIpc) is 2.72. The Balaban J connectivity index is 2.16. The SMILES string of the molecule is [O-]C(Cc1ccccc1)=C1C=CC=C1. The minimum Gasteiger partial charge on any atom is -0.875 e. The molecule has 14 heavy (non-hydrogen) atoms. The van der Waals surface area contributed by atoms with Gasteiger partial charge in [0.15, 0.2) is 0 Å². The van der Waals surface area contributed by atoms with Gasteiger partial charge in [-0.1, -0.05) is 54.6 Å². The van der Waals surface area contributed by atoms with E-state index in [1.807, 2.05) is 54.6 Å². The molecule has 0 saturated carbocycles. The van der Waals surface area contributed by atoms with Crippen LogP contribution in [0.2, 0.25) is 0 Å². The van der Waals surface area contributed by atoms with Crippen LogP contribution in [0.5, 0.6) is 0 Å². The highest BCUT2D eigenvalue weighted by atomic mass is 16.3. The van der Waals surface area contributed by atoms with E-state index in [9.17, 15) is 5.11 Å². The van der Waals surface area contributed by atoms with Gasteiger partial charge >= 0.3 is 0 Å². The number of allylic oxidation sites excluding steroid dienone is 6. The van der Waals surface area contributed by atoms with E-state index in [1.54, 1.807) is 0 Å². The van der Waals surface area contributed by atoms with Gasteiger partial charge in [-0.2, -0.15) is 0 Å². The number of hydrogen-bond donors (Lipinski definition) is 0. The lowest BCUT2D eigenvalue weighted by atomic mass is 10.1. The quantitative estimate of drug-likeness (QED) is 0.643. The van der Waals surface area contributed by atoms with Crippen LogP contribution in [-0.2, 0) is 6.42 Å². The molecule has 1 heteroatoms. The summed E-state index contributed by atoms with van der Waals surface area (Å²) in [5, 5.41) is 11.7. The Morgan fingerprint density at radius 3 is 2.29 bits per heavy atom. The number of rotatable bonds is 2. The van der Waals surface area contributed by atoms with Crippen LogP contribution in [0.25, 0.3) is 0 Å². The molecule has 0 bridgehead atoms. The third-order valence-electron chi connectivity index (χ3n) is 2.19. The summed E-state index contributed by atoms with van der Waals surface area (Å²) in [7, 11) is 0. The summed E-state index contributed by atoms with van der Waals surface area (Å²) in [6, 6.07) is 9.80. The standard InChI is InChI=1S/C13H12O/c14-13(12-8-4-5-9-12)10-11-6-2-1-3-7-11/h1-9,14H,10H2/p-1. The lowest BCUT2D eigenvalue weighted by Gasteiger charge is -2.14.